The molecule has 0 atom stereocenters. The van der Waals surface area contributed by atoms with Crippen molar-refractivity contribution in [1.82, 2.24) is 0 Å². The summed E-state index contributed by atoms with van der Waals surface area (Å²) < 4.78 is 17.8. The molecular weight excluding hydrogens is 236 g/mol. The van der Waals surface area contributed by atoms with E-state index in [0.29, 0.717) is 0 Å². The van der Waals surface area contributed by atoms with Crippen LogP contribution in [0.25, 0.3) is 0 Å². The third-order valence-corrected chi connectivity index (χ3v) is 0. The van der Waals surface area contributed by atoms with Gasteiger partial charge in [0, 0.05) is 0 Å². The van der Waals surface area contributed by atoms with Gasteiger partial charge in [0.1, 0.15) is 0 Å². The Hall–Kier alpha value is 2.45. The van der Waals surface area contributed by atoms with Crippen LogP contribution in [0.4, 0.5) is 0 Å². The molecule has 12 heavy (non-hydrogen) atoms. The third kappa shape index (κ3) is 271. The van der Waals surface area contributed by atoms with Crippen LogP contribution in [0.5, 0.6) is 0 Å². The van der Waals surface area contributed by atoms with E-state index in [-0.39, 0.29) is 70.2 Å². The topological polar surface area (TPSA) is 156 Å². The van der Waals surface area contributed by atoms with Gasteiger partial charge >= 0.3 is 85.9 Å². The summed E-state index contributed by atoms with van der Waals surface area (Å²) in [5, 5.41) is 0. The first-order chi connectivity index (χ1) is 4.00. The van der Waals surface area contributed by atoms with E-state index in [1.807, 2.05) is 0 Å². The Morgan fingerprint density at radius 1 is 0.667 bits per heavy atom. The van der Waals surface area contributed by atoms with Gasteiger partial charge < -0.3 is 29.4 Å². The monoisotopic (exact) mass is 244 g/mol. The van der Waals surface area contributed by atoms with Crippen molar-refractivity contribution in [3.05, 3.63) is 0 Å². The molecule has 0 radical (unpaired) electrons. The summed E-state index contributed by atoms with van der Waals surface area (Å²) in [6, 6.07) is 0. The zero-order valence-corrected chi connectivity index (χ0v) is 6.18. The summed E-state index contributed by atoms with van der Waals surface area (Å²) in [6.07, 6.45) is 0. The molecule has 0 fully saturated rings. The Balaban J connectivity index is -0.0000000457. The van der Waals surface area contributed by atoms with Crippen molar-refractivity contribution in [1.29, 1.82) is 0 Å². The van der Waals surface area contributed by atoms with Crippen molar-refractivity contribution >= 4 is 85.9 Å². The van der Waals surface area contributed by atoms with E-state index in [1.54, 1.807) is 0 Å². The van der Waals surface area contributed by atoms with Crippen LogP contribution >= 0.6 is 15.6 Å². The van der Waals surface area contributed by atoms with Gasteiger partial charge in [0.15, 0.2) is 0 Å². The summed E-state index contributed by atoms with van der Waals surface area (Å²) in [7, 11) is -9.28. The van der Waals surface area contributed by atoms with Crippen molar-refractivity contribution < 1.29 is 38.5 Å². The van der Waals surface area contributed by atoms with Crippen molar-refractivity contribution in [3.8, 4) is 0 Å². The molecule has 0 spiro atoms. The van der Waals surface area contributed by atoms with E-state index in [2.05, 4.69) is 0 Å². The van der Waals surface area contributed by atoms with E-state index in [4.69, 9.17) is 38.5 Å². The van der Waals surface area contributed by atoms with Crippen LogP contribution in [0.1, 0.15) is 0 Å². The molecule has 0 bridgehead atoms. The fourth-order valence-corrected chi connectivity index (χ4v) is 0. The zero-order valence-electron chi connectivity index (χ0n) is 4.39. The van der Waals surface area contributed by atoms with Crippen molar-refractivity contribution in [3.63, 3.8) is 0 Å². The van der Waals surface area contributed by atoms with E-state index in [9.17, 15) is 0 Å². The molecule has 0 aliphatic heterocycles. The van der Waals surface area contributed by atoms with Gasteiger partial charge in [-0.25, -0.2) is 9.13 Å². The Bertz CT molecular complexity index is 129. The number of hydrogen-bond acceptors (Lipinski definition) is 2. The summed E-state index contributed by atoms with van der Waals surface area (Å²) in [6.45, 7) is 0. The molecule has 0 saturated carbocycles. The average Bonchev–Trinajstić information content (AvgIpc) is 1.12. The molecule has 0 aromatic carbocycles. The van der Waals surface area contributed by atoms with Crippen LogP contribution in [-0.4, -0.2) is 99.6 Å². The Kier molecular flexibility index (Phi) is 19.9. The molecular formula is H8KLiO8P2. The molecule has 8 nitrogen and oxygen atoms in total. The first-order valence-corrected chi connectivity index (χ1v) is 4.70. The maximum atomic E-state index is 8.88. The second-order valence-corrected chi connectivity index (χ2v) is 3.08. The van der Waals surface area contributed by atoms with E-state index >= 15 is 0 Å². The van der Waals surface area contributed by atoms with Crippen molar-refractivity contribution in [2.75, 3.05) is 0 Å². The van der Waals surface area contributed by atoms with Gasteiger partial charge in [0.2, 0.25) is 0 Å². The predicted molar refractivity (Wildman–Crippen MR) is 42.8 cm³/mol. The Morgan fingerprint density at radius 2 is 0.667 bits per heavy atom. The molecule has 68 valence electrons. The van der Waals surface area contributed by atoms with Crippen LogP contribution < -0.4 is 0 Å². The van der Waals surface area contributed by atoms with Crippen molar-refractivity contribution in [2.24, 2.45) is 0 Å². The molecule has 0 rings (SSSR count). The van der Waals surface area contributed by atoms with Crippen LogP contribution in [0.3, 0.4) is 0 Å². The molecule has 12 heteroatoms. The van der Waals surface area contributed by atoms with Gasteiger partial charge in [-0.1, -0.05) is 0 Å². The maximum absolute atomic E-state index is 8.88. The third-order valence-electron chi connectivity index (χ3n) is 0. The molecule has 0 unspecified atom stereocenters. The number of phosphoric acid groups is 2. The molecule has 0 saturated heterocycles. The molecule has 0 aromatic rings. The van der Waals surface area contributed by atoms with E-state index in [1.165, 1.54) is 0 Å². The zero-order chi connectivity index (χ0) is 9.00. The molecule has 0 amide bonds. The minimum atomic E-state index is -4.64. The fourth-order valence-electron chi connectivity index (χ4n) is 0. The number of rotatable bonds is 0. The summed E-state index contributed by atoms with van der Waals surface area (Å²) in [5.41, 5.74) is 0. The standard InChI is InChI=1S/K.Li.2H3O4P.2H/c;;2*1-5(2,3)4;;/h;;2*(H3,1,2,3,4);;. The normalized spacial score (nSPS) is 9.83. The summed E-state index contributed by atoms with van der Waals surface area (Å²) >= 11 is 0. The molecule has 0 aliphatic carbocycles. The van der Waals surface area contributed by atoms with Gasteiger partial charge in [0.25, 0.3) is 0 Å². The van der Waals surface area contributed by atoms with Crippen LogP contribution in [0.2, 0.25) is 0 Å². The predicted octanol–water partition coefficient (Wildman–Crippen LogP) is -3.15. The van der Waals surface area contributed by atoms with Gasteiger partial charge in [-0.2, -0.15) is 0 Å². The first-order valence-electron chi connectivity index (χ1n) is 1.57. The molecule has 6 N–H and O–H groups in total. The van der Waals surface area contributed by atoms with Crippen LogP contribution in [0.15, 0.2) is 0 Å². The Morgan fingerprint density at radius 3 is 0.667 bits per heavy atom. The quantitative estimate of drug-likeness (QED) is 0.193. The fraction of sp³-hybridized carbons (Fsp3) is 0. The van der Waals surface area contributed by atoms with Gasteiger partial charge in [0.05, 0.1) is 0 Å². The summed E-state index contributed by atoms with van der Waals surface area (Å²) in [4.78, 5) is 43.1. The second kappa shape index (κ2) is 9.99. The SMILES string of the molecule is O=P(O)(O)O.O=P(O)(O)O.[KH].[LiH]. The van der Waals surface area contributed by atoms with Crippen LogP contribution in [0, 0.1) is 0 Å². The summed E-state index contributed by atoms with van der Waals surface area (Å²) in [5.74, 6) is 0. The first kappa shape index (κ1) is 23.9. The van der Waals surface area contributed by atoms with Gasteiger partial charge in [-0.15, -0.1) is 0 Å². The molecule has 0 aliphatic rings. The average molecular weight is 244 g/mol. The van der Waals surface area contributed by atoms with Gasteiger partial charge in [-0.3, -0.25) is 0 Å². The van der Waals surface area contributed by atoms with E-state index < -0.39 is 15.6 Å². The second-order valence-electron chi connectivity index (χ2n) is 1.03. The molecule has 0 aromatic heterocycles. The molecule has 0 heterocycles. The van der Waals surface area contributed by atoms with Crippen LogP contribution in [-0.2, 0) is 9.13 Å². The number of hydrogen-bond donors (Lipinski definition) is 6. The van der Waals surface area contributed by atoms with Crippen molar-refractivity contribution in [2.45, 2.75) is 0 Å². The minimum absolute atomic E-state index is 0. The Labute approximate surface area is 122 Å². The van der Waals surface area contributed by atoms with Gasteiger partial charge in [-0.05, 0) is 0 Å². The van der Waals surface area contributed by atoms with E-state index in [0.717, 1.165) is 0 Å².